The van der Waals surface area contributed by atoms with Crippen LogP contribution in [0.4, 0.5) is 13.6 Å². The van der Waals surface area contributed by atoms with E-state index in [1.165, 1.54) is 0 Å². The molecule has 32 heavy (non-hydrogen) atoms. The number of carbonyl (C=O) groups excluding carboxylic acids is 2. The van der Waals surface area contributed by atoms with E-state index in [-0.39, 0.29) is 29.4 Å². The summed E-state index contributed by atoms with van der Waals surface area (Å²) >= 11 is 0. The van der Waals surface area contributed by atoms with Gasteiger partial charge in [0, 0.05) is 17.5 Å². The molecule has 2 N–H and O–H groups in total. The second kappa shape index (κ2) is 7.22. The molecular formula is C21H15F2N5O4. The van der Waals surface area contributed by atoms with Crippen LogP contribution in [0.15, 0.2) is 52.1 Å². The quantitative estimate of drug-likeness (QED) is 0.604. The number of benzene rings is 2. The molecule has 2 aliphatic rings. The van der Waals surface area contributed by atoms with Crippen molar-refractivity contribution >= 4 is 17.6 Å². The minimum absolute atomic E-state index is 0.00470. The van der Waals surface area contributed by atoms with Gasteiger partial charge in [-0.2, -0.15) is 4.98 Å². The van der Waals surface area contributed by atoms with Gasteiger partial charge >= 0.3 is 6.03 Å². The van der Waals surface area contributed by atoms with Gasteiger partial charge in [0.1, 0.15) is 17.2 Å². The Morgan fingerprint density at radius 2 is 2.00 bits per heavy atom. The zero-order chi connectivity index (χ0) is 22.5. The molecule has 3 heterocycles. The Balaban J connectivity index is 1.37. The topological polar surface area (TPSA) is 119 Å². The number of urea groups is 1. The van der Waals surface area contributed by atoms with Gasteiger partial charge in [-0.1, -0.05) is 28.5 Å². The van der Waals surface area contributed by atoms with E-state index in [1.807, 2.05) is 0 Å². The molecule has 1 saturated heterocycles. The second-order valence-electron chi connectivity index (χ2n) is 7.53. The largest absolute Gasteiger partial charge is 0.382 e. The molecule has 2 aromatic carbocycles. The van der Waals surface area contributed by atoms with Gasteiger partial charge in [0.2, 0.25) is 11.9 Å². The smallest absolute Gasteiger partial charge is 0.322 e. The third kappa shape index (κ3) is 3.27. The predicted octanol–water partition coefficient (Wildman–Crippen LogP) is 2.94. The molecule has 162 valence electrons. The summed E-state index contributed by atoms with van der Waals surface area (Å²) in [6.45, 7) is 1.59. The average molecular weight is 439 g/mol. The van der Waals surface area contributed by atoms with Crippen molar-refractivity contribution in [2.75, 3.05) is 0 Å². The summed E-state index contributed by atoms with van der Waals surface area (Å²) in [5.74, 6) is -1.34. The van der Waals surface area contributed by atoms with Crippen molar-refractivity contribution in [3.05, 3.63) is 71.1 Å². The molecule has 2 unspecified atom stereocenters. The van der Waals surface area contributed by atoms with Crippen LogP contribution in [-0.2, 0) is 15.2 Å². The molecule has 11 heteroatoms. The fourth-order valence-corrected chi connectivity index (χ4v) is 3.59. The molecule has 1 aromatic heterocycles. The number of hydrogen-bond donors (Lipinski definition) is 2. The monoisotopic (exact) mass is 439 g/mol. The van der Waals surface area contributed by atoms with Crippen LogP contribution >= 0.6 is 0 Å². The van der Waals surface area contributed by atoms with Crippen LogP contribution in [0, 0.1) is 11.6 Å². The van der Waals surface area contributed by atoms with E-state index in [1.54, 1.807) is 31.2 Å². The van der Waals surface area contributed by atoms with Crippen molar-refractivity contribution in [2.24, 2.45) is 5.16 Å². The van der Waals surface area contributed by atoms with Gasteiger partial charge in [-0.05, 0) is 36.8 Å². The van der Waals surface area contributed by atoms with Gasteiger partial charge in [-0.3, -0.25) is 10.1 Å². The highest BCUT2D eigenvalue weighted by atomic mass is 19.1. The first-order valence-corrected chi connectivity index (χ1v) is 9.60. The van der Waals surface area contributed by atoms with E-state index < -0.39 is 35.2 Å². The molecule has 9 nitrogen and oxygen atoms in total. The first-order valence-electron chi connectivity index (χ1n) is 9.60. The van der Waals surface area contributed by atoms with Gasteiger partial charge in [-0.15, -0.1) is 0 Å². The summed E-state index contributed by atoms with van der Waals surface area (Å²) in [6, 6.07) is 9.29. The van der Waals surface area contributed by atoms with E-state index in [0.29, 0.717) is 11.1 Å². The number of aromatic nitrogens is 2. The van der Waals surface area contributed by atoms with Gasteiger partial charge in [-0.25, -0.2) is 13.6 Å². The molecule has 0 saturated carbocycles. The van der Waals surface area contributed by atoms with Crippen LogP contribution in [0.1, 0.15) is 36.5 Å². The van der Waals surface area contributed by atoms with Crippen LogP contribution in [-0.4, -0.2) is 27.8 Å². The molecule has 2 aliphatic heterocycles. The maximum Gasteiger partial charge on any atom is 0.322 e. The second-order valence-corrected chi connectivity index (χ2v) is 7.53. The van der Waals surface area contributed by atoms with Gasteiger partial charge in [0.15, 0.2) is 0 Å². The lowest BCUT2D eigenvalue weighted by molar-refractivity contribution is -0.123. The van der Waals surface area contributed by atoms with Crippen LogP contribution in [0.25, 0.3) is 11.4 Å². The minimum atomic E-state index is -1.23. The Morgan fingerprint density at radius 1 is 1.16 bits per heavy atom. The molecule has 0 bridgehead atoms. The van der Waals surface area contributed by atoms with E-state index in [4.69, 9.17) is 9.36 Å². The van der Waals surface area contributed by atoms with Gasteiger partial charge in [0.05, 0.1) is 5.71 Å². The summed E-state index contributed by atoms with van der Waals surface area (Å²) in [7, 11) is 0. The maximum absolute atomic E-state index is 14.0. The summed E-state index contributed by atoms with van der Waals surface area (Å²) in [6.07, 6.45) is -0.638. The Hall–Kier alpha value is -4.15. The third-order valence-electron chi connectivity index (χ3n) is 5.37. The Labute approximate surface area is 179 Å². The van der Waals surface area contributed by atoms with Crippen molar-refractivity contribution in [2.45, 2.75) is 25.0 Å². The lowest BCUT2D eigenvalue weighted by Gasteiger charge is -2.21. The Bertz CT molecular complexity index is 1290. The van der Waals surface area contributed by atoms with Crippen molar-refractivity contribution in [1.82, 2.24) is 20.8 Å². The first-order chi connectivity index (χ1) is 15.3. The van der Waals surface area contributed by atoms with Crippen LogP contribution in [0.5, 0.6) is 0 Å². The lowest BCUT2D eigenvalue weighted by atomic mass is 9.91. The fraction of sp³-hybridized carbons (Fsp3) is 0.190. The molecule has 0 radical (unpaired) electrons. The molecular weight excluding hydrogens is 424 g/mol. The van der Waals surface area contributed by atoms with Crippen LogP contribution in [0.3, 0.4) is 0 Å². The fourth-order valence-electron chi connectivity index (χ4n) is 3.59. The van der Waals surface area contributed by atoms with E-state index in [0.717, 1.165) is 18.2 Å². The number of nitrogens with zero attached hydrogens (tertiary/aromatic N) is 3. The molecule has 0 spiro atoms. The normalized spacial score (nSPS) is 22.3. The highest BCUT2D eigenvalue weighted by Crippen LogP contribution is 2.32. The minimum Gasteiger partial charge on any atom is -0.382 e. The highest BCUT2D eigenvalue weighted by molar-refractivity contribution is 6.07. The van der Waals surface area contributed by atoms with E-state index in [9.17, 15) is 18.4 Å². The number of hydrogen-bond acceptors (Lipinski definition) is 7. The van der Waals surface area contributed by atoms with Crippen molar-refractivity contribution in [3.8, 4) is 11.4 Å². The zero-order valence-corrected chi connectivity index (χ0v) is 16.6. The SMILES string of the molecule is CC1(c2cccc(-c3noc(C4CC(c5cc(F)ccc5F)=NO4)n3)c2)NC(=O)NC1=O. The van der Waals surface area contributed by atoms with Gasteiger partial charge in [0.25, 0.3) is 11.8 Å². The molecule has 5 rings (SSSR count). The number of carbonyl (C=O) groups is 2. The summed E-state index contributed by atoms with van der Waals surface area (Å²) in [4.78, 5) is 33.4. The molecule has 0 aliphatic carbocycles. The number of imide groups is 1. The van der Waals surface area contributed by atoms with Crippen molar-refractivity contribution in [3.63, 3.8) is 0 Å². The molecule has 3 amide bonds. The van der Waals surface area contributed by atoms with E-state index in [2.05, 4.69) is 25.9 Å². The summed E-state index contributed by atoms with van der Waals surface area (Å²) in [5.41, 5.74) is 0.0816. The number of amides is 3. The first kappa shape index (κ1) is 19.8. The van der Waals surface area contributed by atoms with Crippen molar-refractivity contribution in [1.29, 1.82) is 0 Å². The number of nitrogens with one attached hydrogen (secondary N) is 2. The summed E-state index contributed by atoms with van der Waals surface area (Å²) in [5, 5.41) is 12.6. The number of oxime groups is 1. The van der Waals surface area contributed by atoms with Crippen LogP contribution < -0.4 is 10.6 Å². The Morgan fingerprint density at radius 3 is 2.78 bits per heavy atom. The molecule has 1 fully saturated rings. The Kier molecular flexibility index (Phi) is 4.47. The zero-order valence-electron chi connectivity index (χ0n) is 16.6. The standard InChI is InChI=1S/C21H15F2N5O4/c1-21(19(29)25-20(30)26-21)11-4-2-3-10(7-11)17-24-18(32-28-17)16-9-15(27-31-16)13-8-12(22)5-6-14(13)23/h2-8,16H,9H2,1H3,(H2,25,26,29,30). The predicted molar refractivity (Wildman–Crippen MR) is 105 cm³/mol. The third-order valence-corrected chi connectivity index (χ3v) is 5.37. The van der Waals surface area contributed by atoms with Crippen molar-refractivity contribution < 1.29 is 27.7 Å². The summed E-state index contributed by atoms with van der Waals surface area (Å²) < 4.78 is 32.8. The number of halogens is 2. The highest BCUT2D eigenvalue weighted by Gasteiger charge is 2.43. The number of rotatable bonds is 4. The molecule has 2 atom stereocenters. The van der Waals surface area contributed by atoms with Crippen LogP contribution in [0.2, 0.25) is 0 Å². The average Bonchev–Trinajstić information content (AvgIpc) is 3.50. The molecule has 3 aromatic rings. The lowest BCUT2D eigenvalue weighted by Crippen LogP contribution is -2.40. The van der Waals surface area contributed by atoms with E-state index >= 15 is 0 Å². The van der Waals surface area contributed by atoms with Gasteiger partial charge < -0.3 is 14.7 Å². The maximum atomic E-state index is 14.0.